The van der Waals surface area contributed by atoms with Gasteiger partial charge in [-0.2, -0.15) is 4.99 Å². The molecule has 0 radical (unpaired) electrons. The molecule has 1 aromatic heterocycles. The number of aromatic nitrogens is 1. The topological polar surface area (TPSA) is 98.0 Å². The maximum Gasteiger partial charge on any atom is 0.263 e. The van der Waals surface area contributed by atoms with Crippen LogP contribution in [0.15, 0.2) is 29.3 Å². The molecule has 0 saturated carbocycles. The number of nitrogens with zero attached hydrogens (tertiary/aromatic N) is 3. The molecule has 1 aliphatic rings. The zero-order valence-electron chi connectivity index (χ0n) is 15.0. The van der Waals surface area contributed by atoms with Crippen molar-refractivity contribution in [1.82, 2.24) is 9.47 Å². The van der Waals surface area contributed by atoms with E-state index in [1.165, 1.54) is 16.2 Å². The van der Waals surface area contributed by atoms with Crippen LogP contribution in [0, 0.1) is 0 Å². The molecule has 2 amide bonds. The first-order chi connectivity index (χ1) is 12.9. The molecule has 0 atom stereocenters. The molecule has 3 rings (SSSR count). The van der Waals surface area contributed by atoms with Crippen molar-refractivity contribution in [3.63, 3.8) is 0 Å². The van der Waals surface area contributed by atoms with Crippen LogP contribution in [0.1, 0.15) is 6.92 Å². The Labute approximate surface area is 161 Å². The molecule has 0 spiro atoms. The van der Waals surface area contributed by atoms with E-state index >= 15 is 0 Å². The highest BCUT2D eigenvalue weighted by Crippen LogP contribution is 2.16. The van der Waals surface area contributed by atoms with Crippen molar-refractivity contribution in [2.75, 3.05) is 37.8 Å². The normalized spacial score (nSPS) is 16.0. The number of ether oxygens (including phenoxy) is 1. The Morgan fingerprint density at radius 2 is 1.89 bits per heavy atom. The van der Waals surface area contributed by atoms with Crippen molar-refractivity contribution in [3.8, 4) is 0 Å². The first-order valence-electron chi connectivity index (χ1n) is 8.61. The van der Waals surface area contributed by atoms with Gasteiger partial charge in [-0.15, -0.1) is 0 Å². The fraction of sp³-hybridized carbons (Fsp3) is 0.471. The van der Waals surface area contributed by atoms with Crippen molar-refractivity contribution in [1.29, 1.82) is 0 Å². The lowest BCUT2D eigenvalue weighted by Gasteiger charge is -2.26. The van der Waals surface area contributed by atoms with Gasteiger partial charge in [0.1, 0.15) is 11.5 Å². The maximum absolute atomic E-state index is 12.2. The Hall–Kier alpha value is -2.04. The number of benzene rings is 1. The molecule has 1 aromatic carbocycles. The summed E-state index contributed by atoms with van der Waals surface area (Å²) in [6.45, 7) is 4.06. The molecule has 0 bridgehead atoms. The molecular formula is C17H21N3O5S2. The SMILES string of the molecule is CCn1c(=NC(=O)CS(=O)(=O)CC(=O)N2CCOCC2)sc2ccccc21. The lowest BCUT2D eigenvalue weighted by Crippen LogP contribution is -2.43. The van der Waals surface area contributed by atoms with Crippen LogP contribution < -0.4 is 4.80 Å². The maximum atomic E-state index is 12.2. The minimum Gasteiger partial charge on any atom is -0.378 e. The van der Waals surface area contributed by atoms with Crippen LogP contribution in [-0.4, -0.2) is 67.5 Å². The lowest BCUT2D eigenvalue weighted by molar-refractivity contribution is -0.132. The van der Waals surface area contributed by atoms with Gasteiger partial charge in [-0.25, -0.2) is 8.42 Å². The average molecular weight is 412 g/mol. The number of morpholine rings is 1. The van der Waals surface area contributed by atoms with Crippen LogP contribution in [0.25, 0.3) is 10.2 Å². The Balaban J connectivity index is 1.74. The van der Waals surface area contributed by atoms with Gasteiger partial charge in [-0.3, -0.25) is 9.59 Å². The minimum atomic E-state index is -3.88. The van der Waals surface area contributed by atoms with E-state index in [1.54, 1.807) is 0 Å². The van der Waals surface area contributed by atoms with Crippen molar-refractivity contribution in [2.45, 2.75) is 13.5 Å². The molecule has 8 nitrogen and oxygen atoms in total. The number of para-hydroxylation sites is 1. The standard InChI is InChI=1S/C17H21N3O5S2/c1-2-20-13-5-3-4-6-14(13)26-17(20)18-15(21)11-27(23,24)12-16(22)19-7-9-25-10-8-19/h3-6H,2,7-12H2,1H3. The molecule has 2 aromatic rings. The van der Waals surface area contributed by atoms with Gasteiger partial charge in [0.15, 0.2) is 14.6 Å². The lowest BCUT2D eigenvalue weighted by atomic mass is 10.3. The van der Waals surface area contributed by atoms with Gasteiger partial charge < -0.3 is 14.2 Å². The van der Waals surface area contributed by atoms with E-state index in [0.717, 1.165) is 10.2 Å². The summed E-state index contributed by atoms with van der Waals surface area (Å²) >= 11 is 1.33. The van der Waals surface area contributed by atoms with E-state index in [1.807, 2.05) is 35.8 Å². The smallest absolute Gasteiger partial charge is 0.263 e. The molecule has 27 heavy (non-hydrogen) atoms. The summed E-state index contributed by atoms with van der Waals surface area (Å²) in [5.74, 6) is -2.73. The Morgan fingerprint density at radius 1 is 1.19 bits per heavy atom. The van der Waals surface area contributed by atoms with Gasteiger partial charge >= 0.3 is 0 Å². The minimum absolute atomic E-state index is 0.366. The summed E-state index contributed by atoms with van der Waals surface area (Å²) in [5.41, 5.74) is 0.946. The predicted molar refractivity (Wildman–Crippen MR) is 102 cm³/mol. The summed E-state index contributed by atoms with van der Waals surface area (Å²) in [4.78, 5) is 30.2. The van der Waals surface area contributed by atoms with Crippen molar-refractivity contribution >= 4 is 43.2 Å². The van der Waals surface area contributed by atoms with Gasteiger partial charge in [0.2, 0.25) is 5.91 Å². The third kappa shape index (κ3) is 4.82. The molecule has 1 aliphatic heterocycles. The number of fused-ring (bicyclic) bond motifs is 1. The van der Waals surface area contributed by atoms with E-state index in [4.69, 9.17) is 4.74 Å². The molecule has 0 N–H and O–H groups in total. The van der Waals surface area contributed by atoms with Gasteiger partial charge in [0.05, 0.1) is 23.4 Å². The summed E-state index contributed by atoms with van der Waals surface area (Å²) in [6, 6.07) is 7.64. The highest BCUT2D eigenvalue weighted by atomic mass is 32.2. The number of carbonyl (C=O) groups excluding carboxylic acids is 2. The van der Waals surface area contributed by atoms with Crippen molar-refractivity contribution in [3.05, 3.63) is 29.1 Å². The zero-order chi connectivity index (χ0) is 19.4. The van der Waals surface area contributed by atoms with Crippen LogP contribution in [0.5, 0.6) is 0 Å². The van der Waals surface area contributed by atoms with Crippen LogP contribution in [0.3, 0.4) is 0 Å². The highest BCUT2D eigenvalue weighted by Gasteiger charge is 2.25. The van der Waals surface area contributed by atoms with E-state index in [9.17, 15) is 18.0 Å². The second-order valence-electron chi connectivity index (χ2n) is 6.13. The molecule has 0 unspecified atom stereocenters. The molecule has 0 aliphatic carbocycles. The average Bonchev–Trinajstić information content (AvgIpc) is 2.98. The Kier molecular flexibility index (Phi) is 6.08. The van der Waals surface area contributed by atoms with E-state index < -0.39 is 33.2 Å². The number of sulfone groups is 1. The fourth-order valence-corrected chi connectivity index (χ4v) is 5.09. The van der Waals surface area contributed by atoms with Gasteiger partial charge in [-0.1, -0.05) is 23.5 Å². The van der Waals surface area contributed by atoms with Gasteiger partial charge in [-0.05, 0) is 19.1 Å². The highest BCUT2D eigenvalue weighted by molar-refractivity contribution is 7.92. The predicted octanol–water partition coefficient (Wildman–Crippen LogP) is 0.424. The summed E-state index contributed by atoms with van der Waals surface area (Å²) in [5, 5.41) is 0. The first kappa shape index (κ1) is 19.7. The summed E-state index contributed by atoms with van der Waals surface area (Å²) < 4.78 is 32.5. The van der Waals surface area contributed by atoms with Crippen LogP contribution in [-0.2, 0) is 30.7 Å². The number of thiazole rings is 1. The van der Waals surface area contributed by atoms with E-state index in [-0.39, 0.29) is 0 Å². The number of carbonyl (C=O) groups is 2. The van der Waals surface area contributed by atoms with E-state index in [0.29, 0.717) is 37.6 Å². The number of hydrogen-bond donors (Lipinski definition) is 0. The quantitative estimate of drug-likeness (QED) is 0.710. The molecule has 10 heteroatoms. The molecule has 146 valence electrons. The molecule has 1 saturated heterocycles. The van der Waals surface area contributed by atoms with Crippen LogP contribution >= 0.6 is 11.3 Å². The third-order valence-electron chi connectivity index (χ3n) is 4.18. The number of amides is 2. The Bertz CT molecular complexity index is 1020. The monoisotopic (exact) mass is 411 g/mol. The van der Waals surface area contributed by atoms with Crippen molar-refractivity contribution < 1.29 is 22.7 Å². The van der Waals surface area contributed by atoms with Crippen LogP contribution in [0.4, 0.5) is 0 Å². The Morgan fingerprint density at radius 3 is 2.59 bits per heavy atom. The number of aryl methyl sites for hydroxylation is 1. The van der Waals surface area contributed by atoms with E-state index in [2.05, 4.69) is 4.99 Å². The first-order valence-corrected chi connectivity index (χ1v) is 11.3. The van der Waals surface area contributed by atoms with Gasteiger partial charge in [0.25, 0.3) is 5.91 Å². The summed E-state index contributed by atoms with van der Waals surface area (Å²) in [7, 11) is -3.88. The third-order valence-corrected chi connectivity index (χ3v) is 6.61. The largest absolute Gasteiger partial charge is 0.378 e. The molecular weight excluding hydrogens is 390 g/mol. The van der Waals surface area contributed by atoms with Gasteiger partial charge in [0, 0.05) is 19.6 Å². The summed E-state index contributed by atoms with van der Waals surface area (Å²) in [6.07, 6.45) is 0. The second-order valence-corrected chi connectivity index (χ2v) is 9.20. The second kappa shape index (κ2) is 8.32. The van der Waals surface area contributed by atoms with Crippen LogP contribution in [0.2, 0.25) is 0 Å². The number of rotatable bonds is 5. The molecule has 1 fully saturated rings. The fourth-order valence-electron chi connectivity index (χ4n) is 2.88. The number of hydrogen-bond acceptors (Lipinski definition) is 6. The van der Waals surface area contributed by atoms with Crippen molar-refractivity contribution in [2.24, 2.45) is 4.99 Å². The molecule has 2 heterocycles. The zero-order valence-corrected chi connectivity index (χ0v) is 16.6.